The fraction of sp³-hybridized carbons (Fsp3) is 0.167. The van der Waals surface area contributed by atoms with Crippen molar-refractivity contribution < 1.29 is 13.6 Å². The number of aryl methyl sites for hydroxylation is 1. The lowest BCUT2D eigenvalue weighted by molar-refractivity contribution is 0.0953. The van der Waals surface area contributed by atoms with Crippen molar-refractivity contribution in [3.05, 3.63) is 71.4 Å². The molecule has 0 radical (unpaired) electrons. The predicted molar refractivity (Wildman–Crippen MR) is 86.9 cm³/mol. The van der Waals surface area contributed by atoms with E-state index in [0.29, 0.717) is 24.4 Å². The van der Waals surface area contributed by atoms with E-state index in [4.69, 9.17) is 4.42 Å². The van der Waals surface area contributed by atoms with Crippen LogP contribution in [0.2, 0.25) is 0 Å². The topological polar surface area (TPSA) is 68.0 Å². The summed E-state index contributed by atoms with van der Waals surface area (Å²) in [5.74, 6) is -0.102. The van der Waals surface area contributed by atoms with Crippen LogP contribution in [0.1, 0.15) is 21.8 Å². The summed E-state index contributed by atoms with van der Waals surface area (Å²) < 4.78 is 19.1. The van der Waals surface area contributed by atoms with E-state index in [9.17, 15) is 9.18 Å². The zero-order valence-electron chi connectivity index (χ0n) is 13.1. The van der Waals surface area contributed by atoms with E-state index in [2.05, 4.69) is 15.5 Å². The smallest absolute Gasteiger partial charge is 0.251 e. The summed E-state index contributed by atoms with van der Waals surface area (Å²) in [5.41, 5.74) is 1.95. The molecule has 122 valence electrons. The molecule has 5 nitrogen and oxygen atoms in total. The number of halogens is 1. The van der Waals surface area contributed by atoms with Crippen LogP contribution in [0.4, 0.5) is 4.39 Å². The molecule has 0 fully saturated rings. The van der Waals surface area contributed by atoms with Gasteiger partial charge in [0, 0.05) is 18.5 Å². The van der Waals surface area contributed by atoms with Crippen molar-refractivity contribution in [2.24, 2.45) is 0 Å². The number of carbonyl (C=O) groups excluding carboxylic acids is 1. The van der Waals surface area contributed by atoms with Crippen molar-refractivity contribution in [2.45, 2.75) is 13.3 Å². The van der Waals surface area contributed by atoms with Gasteiger partial charge in [0.2, 0.25) is 5.89 Å². The van der Waals surface area contributed by atoms with Gasteiger partial charge in [-0.3, -0.25) is 4.79 Å². The van der Waals surface area contributed by atoms with Crippen molar-refractivity contribution >= 4 is 5.91 Å². The molecule has 1 N–H and O–H groups in total. The van der Waals surface area contributed by atoms with E-state index in [1.165, 1.54) is 6.07 Å². The molecule has 3 aromatic rings. The van der Waals surface area contributed by atoms with Crippen molar-refractivity contribution in [1.29, 1.82) is 0 Å². The molecule has 0 spiro atoms. The minimum Gasteiger partial charge on any atom is -0.421 e. The maximum Gasteiger partial charge on any atom is 0.251 e. The fourth-order valence-electron chi connectivity index (χ4n) is 2.19. The van der Waals surface area contributed by atoms with Crippen molar-refractivity contribution in [3.8, 4) is 11.5 Å². The van der Waals surface area contributed by atoms with Crippen LogP contribution < -0.4 is 5.32 Å². The average Bonchev–Trinajstić information content (AvgIpc) is 3.04. The molecule has 0 aliphatic rings. The minimum absolute atomic E-state index is 0.132. The molecule has 24 heavy (non-hydrogen) atoms. The molecule has 3 rings (SSSR count). The lowest BCUT2D eigenvalue weighted by Gasteiger charge is -2.03. The molecule has 0 bridgehead atoms. The highest BCUT2D eigenvalue weighted by molar-refractivity contribution is 5.94. The standard InChI is InChI=1S/C18H16FN3O2/c1-12-6-8-13(9-7-12)17(23)20-11-10-16-21-22-18(24-16)14-4-2-3-5-15(14)19/h2-9H,10-11H2,1H3,(H,20,23). The van der Waals surface area contributed by atoms with E-state index < -0.39 is 5.82 Å². The molecule has 0 unspecified atom stereocenters. The molecule has 0 atom stereocenters. The summed E-state index contributed by atoms with van der Waals surface area (Å²) in [6.07, 6.45) is 0.374. The van der Waals surface area contributed by atoms with Gasteiger partial charge in [-0.1, -0.05) is 29.8 Å². The van der Waals surface area contributed by atoms with E-state index in [0.717, 1.165) is 5.56 Å². The van der Waals surface area contributed by atoms with Gasteiger partial charge in [0.1, 0.15) is 5.82 Å². The molecule has 0 saturated heterocycles. The van der Waals surface area contributed by atoms with Gasteiger partial charge in [0.05, 0.1) is 5.56 Å². The van der Waals surface area contributed by atoms with Crippen LogP contribution >= 0.6 is 0 Å². The van der Waals surface area contributed by atoms with Gasteiger partial charge in [-0.25, -0.2) is 4.39 Å². The lowest BCUT2D eigenvalue weighted by Crippen LogP contribution is -2.25. The Hall–Kier alpha value is -3.02. The van der Waals surface area contributed by atoms with Gasteiger partial charge in [-0.2, -0.15) is 0 Å². The van der Waals surface area contributed by atoms with Crippen molar-refractivity contribution in [2.75, 3.05) is 6.54 Å². The number of amides is 1. The van der Waals surface area contributed by atoms with Gasteiger partial charge in [0.25, 0.3) is 11.8 Å². The number of hydrogen-bond acceptors (Lipinski definition) is 4. The Morgan fingerprint density at radius 1 is 1.12 bits per heavy atom. The van der Waals surface area contributed by atoms with Gasteiger partial charge < -0.3 is 9.73 Å². The van der Waals surface area contributed by atoms with Crippen LogP contribution in [0.5, 0.6) is 0 Å². The number of benzene rings is 2. The Labute approximate surface area is 138 Å². The maximum atomic E-state index is 13.7. The largest absolute Gasteiger partial charge is 0.421 e. The molecular formula is C18H16FN3O2. The van der Waals surface area contributed by atoms with Crippen LogP contribution in [-0.2, 0) is 6.42 Å². The van der Waals surface area contributed by atoms with Crippen LogP contribution in [0.3, 0.4) is 0 Å². The quantitative estimate of drug-likeness (QED) is 0.782. The highest BCUT2D eigenvalue weighted by Gasteiger charge is 2.12. The molecule has 2 aromatic carbocycles. The third-order valence-electron chi connectivity index (χ3n) is 3.51. The molecular weight excluding hydrogens is 309 g/mol. The third kappa shape index (κ3) is 3.65. The summed E-state index contributed by atoms with van der Waals surface area (Å²) in [6, 6.07) is 13.5. The van der Waals surface area contributed by atoms with Crippen molar-refractivity contribution in [3.63, 3.8) is 0 Å². The van der Waals surface area contributed by atoms with E-state index in [1.54, 1.807) is 30.3 Å². The monoisotopic (exact) mass is 325 g/mol. The summed E-state index contributed by atoms with van der Waals surface area (Å²) in [7, 11) is 0. The third-order valence-corrected chi connectivity index (χ3v) is 3.51. The normalized spacial score (nSPS) is 10.6. The van der Waals surface area contributed by atoms with Gasteiger partial charge in [0.15, 0.2) is 0 Å². The zero-order chi connectivity index (χ0) is 16.9. The Bertz CT molecular complexity index is 843. The maximum absolute atomic E-state index is 13.7. The first-order chi connectivity index (χ1) is 11.6. The Kier molecular flexibility index (Phi) is 4.65. The first kappa shape index (κ1) is 15.9. The number of nitrogens with one attached hydrogen (secondary N) is 1. The van der Waals surface area contributed by atoms with Crippen LogP contribution in [0, 0.1) is 12.7 Å². The molecule has 1 heterocycles. The molecule has 1 aromatic heterocycles. The van der Waals surface area contributed by atoms with Crippen LogP contribution in [0.15, 0.2) is 52.9 Å². The summed E-state index contributed by atoms with van der Waals surface area (Å²) >= 11 is 0. The number of hydrogen-bond donors (Lipinski definition) is 1. The highest BCUT2D eigenvalue weighted by Crippen LogP contribution is 2.20. The second kappa shape index (κ2) is 7.04. The first-order valence-electron chi connectivity index (χ1n) is 7.55. The second-order valence-corrected chi connectivity index (χ2v) is 5.35. The Balaban J connectivity index is 1.57. The van der Waals surface area contributed by atoms with Crippen molar-refractivity contribution in [1.82, 2.24) is 15.5 Å². The molecule has 0 aliphatic carbocycles. The molecule has 1 amide bonds. The highest BCUT2D eigenvalue weighted by atomic mass is 19.1. The van der Waals surface area contributed by atoms with E-state index in [-0.39, 0.29) is 17.4 Å². The van der Waals surface area contributed by atoms with Gasteiger partial charge in [-0.05, 0) is 31.2 Å². The Morgan fingerprint density at radius 3 is 2.62 bits per heavy atom. The average molecular weight is 325 g/mol. The first-order valence-corrected chi connectivity index (χ1v) is 7.55. The molecule has 6 heteroatoms. The van der Waals surface area contributed by atoms with Gasteiger partial charge >= 0.3 is 0 Å². The number of aromatic nitrogens is 2. The fourth-order valence-corrected chi connectivity index (χ4v) is 2.19. The summed E-state index contributed by atoms with van der Waals surface area (Å²) in [4.78, 5) is 12.0. The SMILES string of the molecule is Cc1ccc(C(=O)NCCc2nnc(-c3ccccc3F)o2)cc1. The minimum atomic E-state index is -0.416. The molecule has 0 aliphatic heterocycles. The van der Waals surface area contributed by atoms with Gasteiger partial charge in [-0.15, -0.1) is 10.2 Å². The second-order valence-electron chi connectivity index (χ2n) is 5.35. The van der Waals surface area contributed by atoms with Crippen LogP contribution in [0.25, 0.3) is 11.5 Å². The van der Waals surface area contributed by atoms with E-state index in [1.807, 2.05) is 19.1 Å². The summed E-state index contributed by atoms with van der Waals surface area (Å²) in [6.45, 7) is 2.32. The summed E-state index contributed by atoms with van der Waals surface area (Å²) in [5, 5.41) is 10.5. The molecule has 0 saturated carbocycles. The number of carbonyl (C=O) groups is 1. The van der Waals surface area contributed by atoms with E-state index >= 15 is 0 Å². The number of rotatable bonds is 5. The number of nitrogens with zero attached hydrogens (tertiary/aromatic N) is 2. The lowest BCUT2D eigenvalue weighted by atomic mass is 10.1. The predicted octanol–water partition coefficient (Wildman–Crippen LogP) is 3.16. The van der Waals surface area contributed by atoms with Crippen LogP contribution in [-0.4, -0.2) is 22.6 Å². The zero-order valence-corrected chi connectivity index (χ0v) is 13.1. The Morgan fingerprint density at radius 2 is 1.88 bits per heavy atom.